The minimum absolute atomic E-state index is 0.0822. The van der Waals surface area contributed by atoms with Crippen molar-refractivity contribution in [3.63, 3.8) is 0 Å². The number of hydrogen-bond acceptors (Lipinski definition) is 4. The summed E-state index contributed by atoms with van der Waals surface area (Å²) >= 11 is 0. The monoisotopic (exact) mass is 558 g/mol. The molecule has 4 aromatic carbocycles. The molecule has 6 aromatic rings. The summed E-state index contributed by atoms with van der Waals surface area (Å²) in [5.41, 5.74) is 5.55. The second-order valence-corrected chi connectivity index (χ2v) is 11.3. The predicted molar refractivity (Wildman–Crippen MR) is 165 cm³/mol. The Balaban J connectivity index is 1.31. The van der Waals surface area contributed by atoms with E-state index < -0.39 is 11.7 Å². The van der Waals surface area contributed by atoms with Crippen LogP contribution in [0.2, 0.25) is 0 Å². The first-order chi connectivity index (χ1) is 20.4. The summed E-state index contributed by atoms with van der Waals surface area (Å²) in [6, 6.07) is 27.9. The van der Waals surface area contributed by atoms with Crippen molar-refractivity contribution in [2.75, 3.05) is 20.1 Å². The molecule has 1 saturated heterocycles. The van der Waals surface area contributed by atoms with Crippen molar-refractivity contribution in [2.45, 2.75) is 24.7 Å². The number of aromatic amines is 2. The first kappa shape index (κ1) is 26.2. The van der Waals surface area contributed by atoms with E-state index in [0.717, 1.165) is 40.6 Å². The molecular formula is C35H31FN4O2. The molecule has 210 valence electrons. The Morgan fingerprint density at radius 3 is 2.45 bits per heavy atom. The number of phenolic OH excluding ortho intramolecular Hbond substituents is 1. The van der Waals surface area contributed by atoms with Gasteiger partial charge in [-0.05, 0) is 110 Å². The Morgan fingerprint density at radius 2 is 1.67 bits per heavy atom. The number of hydrogen-bond donors (Lipinski definition) is 3. The second kappa shape index (κ2) is 10.6. The fourth-order valence-electron chi connectivity index (χ4n) is 6.24. The van der Waals surface area contributed by atoms with Crippen molar-refractivity contribution in [3.8, 4) is 16.9 Å². The second-order valence-electron chi connectivity index (χ2n) is 11.3. The largest absolute Gasteiger partial charge is 0.508 e. The molecule has 2 aromatic heterocycles. The molecule has 0 saturated carbocycles. The normalized spacial score (nSPS) is 15.4. The first-order valence-corrected chi connectivity index (χ1v) is 14.3. The van der Waals surface area contributed by atoms with E-state index in [9.17, 15) is 14.3 Å². The summed E-state index contributed by atoms with van der Waals surface area (Å²) in [6.07, 6.45) is 2.34. The standard InChI is InChI=1S/C35H31FN4O2/c1-40-16-14-23(15-17-40)21-6-8-22(9-7-21)24-10-12-27-25(18-24)19-31(39-35(27)42)33(28-20-26(36)11-13-32(28)41)34-37-29-4-2-3-5-30(29)38-34/h2-13,18-20,23,33,41H,14-17H2,1H3,(H,37,38)(H,39,42)/t33-/m0/s1. The van der Waals surface area contributed by atoms with Gasteiger partial charge in [-0.25, -0.2) is 9.37 Å². The van der Waals surface area contributed by atoms with Gasteiger partial charge in [-0.3, -0.25) is 4.79 Å². The number of fused-ring (bicyclic) bond motifs is 2. The maximum atomic E-state index is 14.5. The van der Waals surface area contributed by atoms with Gasteiger partial charge in [-0.15, -0.1) is 0 Å². The molecular weight excluding hydrogens is 527 g/mol. The van der Waals surface area contributed by atoms with Crippen LogP contribution in [0.5, 0.6) is 5.75 Å². The van der Waals surface area contributed by atoms with Crippen molar-refractivity contribution >= 4 is 21.8 Å². The molecule has 1 aliphatic rings. The highest BCUT2D eigenvalue weighted by atomic mass is 19.1. The number of H-pyrrole nitrogens is 2. The lowest BCUT2D eigenvalue weighted by Gasteiger charge is -2.29. The van der Waals surface area contributed by atoms with Crippen molar-refractivity contribution < 1.29 is 9.50 Å². The van der Waals surface area contributed by atoms with E-state index >= 15 is 0 Å². The van der Waals surface area contributed by atoms with Crippen LogP contribution >= 0.6 is 0 Å². The van der Waals surface area contributed by atoms with Crippen LogP contribution in [0.3, 0.4) is 0 Å². The van der Waals surface area contributed by atoms with Crippen LogP contribution in [0.15, 0.2) is 95.8 Å². The number of nitrogens with one attached hydrogen (secondary N) is 2. The van der Waals surface area contributed by atoms with Crippen LogP contribution in [-0.2, 0) is 0 Å². The smallest absolute Gasteiger partial charge is 0.256 e. The molecule has 42 heavy (non-hydrogen) atoms. The molecule has 6 nitrogen and oxygen atoms in total. The van der Waals surface area contributed by atoms with E-state index in [1.807, 2.05) is 48.5 Å². The molecule has 3 heterocycles. The fraction of sp³-hybridized carbons (Fsp3) is 0.200. The van der Waals surface area contributed by atoms with Crippen molar-refractivity contribution in [3.05, 3.63) is 130 Å². The van der Waals surface area contributed by atoms with Crippen LogP contribution in [0, 0.1) is 5.82 Å². The molecule has 1 atom stereocenters. The third kappa shape index (κ3) is 4.86. The van der Waals surface area contributed by atoms with Crippen molar-refractivity contribution in [1.29, 1.82) is 0 Å². The molecule has 3 N–H and O–H groups in total. The van der Waals surface area contributed by atoms with Gasteiger partial charge >= 0.3 is 0 Å². The fourth-order valence-corrected chi connectivity index (χ4v) is 6.24. The van der Waals surface area contributed by atoms with Gasteiger partial charge in [0.25, 0.3) is 5.56 Å². The Hall–Kier alpha value is -4.75. The van der Waals surface area contributed by atoms with Gasteiger partial charge in [0.15, 0.2) is 0 Å². The summed E-state index contributed by atoms with van der Waals surface area (Å²) in [7, 11) is 2.18. The van der Waals surface area contributed by atoms with E-state index in [0.29, 0.717) is 28.4 Å². The van der Waals surface area contributed by atoms with Crippen LogP contribution in [0.4, 0.5) is 4.39 Å². The zero-order valence-corrected chi connectivity index (χ0v) is 23.3. The minimum Gasteiger partial charge on any atom is -0.508 e. The van der Waals surface area contributed by atoms with E-state index in [2.05, 4.69) is 46.2 Å². The highest BCUT2D eigenvalue weighted by molar-refractivity contribution is 5.87. The molecule has 1 aliphatic heterocycles. The topological polar surface area (TPSA) is 85.0 Å². The lowest BCUT2D eigenvalue weighted by molar-refractivity contribution is 0.255. The maximum absolute atomic E-state index is 14.5. The van der Waals surface area contributed by atoms with E-state index in [1.165, 1.54) is 36.6 Å². The average molecular weight is 559 g/mol. The van der Waals surface area contributed by atoms with E-state index in [4.69, 9.17) is 4.98 Å². The first-order valence-electron chi connectivity index (χ1n) is 14.3. The van der Waals surface area contributed by atoms with Crippen LogP contribution < -0.4 is 5.56 Å². The maximum Gasteiger partial charge on any atom is 0.256 e. The number of likely N-dealkylation sites (tertiary alicyclic amines) is 1. The van der Waals surface area contributed by atoms with Gasteiger partial charge in [-0.2, -0.15) is 0 Å². The number of aromatic hydroxyl groups is 1. The van der Waals surface area contributed by atoms with Crippen LogP contribution in [0.1, 0.15) is 47.3 Å². The number of phenols is 1. The quantitative estimate of drug-likeness (QED) is 0.215. The summed E-state index contributed by atoms with van der Waals surface area (Å²) in [4.78, 5) is 26.8. The molecule has 0 amide bonds. The number of aromatic nitrogens is 3. The third-order valence-corrected chi connectivity index (χ3v) is 8.59. The molecule has 0 unspecified atom stereocenters. The summed E-state index contributed by atoms with van der Waals surface area (Å²) in [5.74, 6) is -0.225. The SMILES string of the molecule is CN1CCC(c2ccc(-c3ccc4c(=O)[nH]c([C@@H](c5nc6ccccc6[nH]5)c5cc(F)ccc5O)cc4c3)cc2)CC1. The van der Waals surface area contributed by atoms with Gasteiger partial charge in [0.1, 0.15) is 17.4 Å². The van der Waals surface area contributed by atoms with Crippen molar-refractivity contribution in [2.24, 2.45) is 0 Å². The Morgan fingerprint density at radius 1 is 0.905 bits per heavy atom. The van der Waals surface area contributed by atoms with Gasteiger partial charge < -0.3 is 20.0 Å². The van der Waals surface area contributed by atoms with E-state index in [-0.39, 0.29) is 11.3 Å². The zero-order chi connectivity index (χ0) is 28.8. The minimum atomic E-state index is -0.734. The number of halogens is 1. The van der Waals surface area contributed by atoms with Crippen LogP contribution in [0.25, 0.3) is 32.9 Å². The van der Waals surface area contributed by atoms with E-state index in [1.54, 1.807) is 0 Å². The molecule has 0 spiro atoms. The average Bonchev–Trinajstić information content (AvgIpc) is 3.43. The molecule has 0 radical (unpaired) electrons. The number of piperidine rings is 1. The summed E-state index contributed by atoms with van der Waals surface area (Å²) in [5, 5.41) is 12.1. The predicted octanol–water partition coefficient (Wildman–Crippen LogP) is 6.91. The number of pyridine rings is 1. The van der Waals surface area contributed by atoms with Crippen molar-refractivity contribution in [1.82, 2.24) is 19.9 Å². The lowest BCUT2D eigenvalue weighted by Crippen LogP contribution is -2.29. The number of nitrogens with zero attached hydrogens (tertiary/aromatic N) is 2. The lowest BCUT2D eigenvalue weighted by atomic mass is 9.88. The van der Waals surface area contributed by atoms with Gasteiger partial charge in [0, 0.05) is 16.6 Å². The molecule has 7 heteroatoms. The third-order valence-electron chi connectivity index (χ3n) is 8.59. The zero-order valence-electron chi connectivity index (χ0n) is 23.3. The Kier molecular flexibility index (Phi) is 6.59. The Bertz CT molecular complexity index is 1940. The Labute approximate surface area is 242 Å². The summed E-state index contributed by atoms with van der Waals surface area (Å²) < 4.78 is 14.5. The molecule has 0 bridgehead atoms. The number of imidazole rings is 1. The van der Waals surface area contributed by atoms with Gasteiger partial charge in [-0.1, -0.05) is 42.5 Å². The molecule has 0 aliphatic carbocycles. The van der Waals surface area contributed by atoms with Gasteiger partial charge in [0.2, 0.25) is 0 Å². The number of para-hydroxylation sites is 2. The van der Waals surface area contributed by atoms with Crippen LogP contribution in [-0.4, -0.2) is 45.1 Å². The molecule has 7 rings (SSSR count). The van der Waals surface area contributed by atoms with Gasteiger partial charge in [0.05, 0.1) is 17.0 Å². The number of benzene rings is 4. The summed E-state index contributed by atoms with van der Waals surface area (Å²) in [6.45, 7) is 2.24. The molecule has 1 fully saturated rings. The number of rotatable bonds is 5. The highest BCUT2D eigenvalue weighted by Crippen LogP contribution is 2.37. The highest BCUT2D eigenvalue weighted by Gasteiger charge is 2.26.